The summed E-state index contributed by atoms with van der Waals surface area (Å²) >= 11 is 3.35. The molecule has 17 heteroatoms. The van der Waals surface area contributed by atoms with E-state index in [1.807, 2.05) is 0 Å². The fourth-order valence-electron chi connectivity index (χ4n) is 1.10. The predicted octanol–water partition coefficient (Wildman–Crippen LogP) is 4.71. The van der Waals surface area contributed by atoms with Crippen LogP contribution in [0.15, 0.2) is 0 Å². The second-order valence-corrected chi connectivity index (χ2v) is 4.72. The van der Waals surface area contributed by atoms with Crippen molar-refractivity contribution in [2.75, 3.05) is 0 Å². The lowest BCUT2D eigenvalue weighted by atomic mass is 9.91. The zero-order valence-corrected chi connectivity index (χ0v) is 11.3. The highest BCUT2D eigenvalue weighted by atomic mass is 35.5. The molecule has 0 aliphatic rings. The fraction of sp³-hybridized carbons (Fsp3) is 0.875. The number of rotatable bonds is 7. The van der Waals surface area contributed by atoms with Gasteiger partial charge in [0.25, 0.3) is 0 Å². The van der Waals surface area contributed by atoms with Crippen LogP contribution in [0.5, 0.6) is 0 Å². The molecule has 0 atom stereocenters. The zero-order chi connectivity index (χ0) is 21.1. The van der Waals surface area contributed by atoms with E-state index in [0.717, 1.165) is 0 Å². The van der Waals surface area contributed by atoms with E-state index in [-0.39, 0.29) is 0 Å². The van der Waals surface area contributed by atoms with E-state index in [2.05, 4.69) is 11.6 Å². The van der Waals surface area contributed by atoms with Gasteiger partial charge in [0.1, 0.15) is 0 Å². The van der Waals surface area contributed by atoms with Crippen molar-refractivity contribution in [3.63, 3.8) is 0 Å². The second kappa shape index (κ2) is 5.64. The molecule has 25 heavy (non-hydrogen) atoms. The fourth-order valence-corrected chi connectivity index (χ4v) is 1.22. The first-order valence-corrected chi connectivity index (χ1v) is 5.39. The molecular weight excluding hydrogens is 430 g/mol. The third kappa shape index (κ3) is 2.85. The summed E-state index contributed by atoms with van der Waals surface area (Å²) in [5.41, 5.74) is 0. The van der Waals surface area contributed by atoms with Crippen molar-refractivity contribution in [2.24, 2.45) is 0 Å². The molecular formula is C8HClF14O2. The van der Waals surface area contributed by atoms with Crippen molar-refractivity contribution < 1.29 is 71.4 Å². The average molecular weight is 431 g/mol. The molecule has 0 saturated heterocycles. The van der Waals surface area contributed by atoms with Crippen LogP contribution in [0.4, 0.5) is 61.5 Å². The highest BCUT2D eigenvalue weighted by Crippen LogP contribution is 2.62. The first-order valence-electron chi connectivity index (χ1n) is 5.01. The van der Waals surface area contributed by atoms with Gasteiger partial charge in [0.15, 0.2) is 0 Å². The molecule has 1 N–H and O–H groups in total. The van der Waals surface area contributed by atoms with Gasteiger partial charge in [0.05, 0.1) is 0 Å². The maximum atomic E-state index is 12.9. The molecule has 0 fully saturated rings. The Morgan fingerprint density at radius 2 is 0.800 bits per heavy atom. The van der Waals surface area contributed by atoms with Crippen molar-refractivity contribution in [2.45, 2.75) is 40.9 Å². The minimum atomic E-state index is -8.32. The van der Waals surface area contributed by atoms with E-state index in [4.69, 9.17) is 5.11 Å². The lowest BCUT2D eigenvalue weighted by Gasteiger charge is -2.41. The summed E-state index contributed by atoms with van der Waals surface area (Å²) < 4.78 is 177. The van der Waals surface area contributed by atoms with Crippen LogP contribution >= 0.6 is 11.6 Å². The number of hydrogen-bond acceptors (Lipinski definition) is 1. The van der Waals surface area contributed by atoms with Gasteiger partial charge in [-0.2, -0.15) is 61.5 Å². The molecule has 0 unspecified atom stereocenters. The van der Waals surface area contributed by atoms with E-state index in [9.17, 15) is 66.3 Å². The molecule has 0 aromatic carbocycles. The largest absolute Gasteiger partial charge is 0.477 e. The second-order valence-electron chi connectivity index (χ2n) is 4.25. The summed E-state index contributed by atoms with van der Waals surface area (Å²) in [5, 5.41) is 0.891. The summed E-state index contributed by atoms with van der Waals surface area (Å²) in [7, 11) is 0. The van der Waals surface area contributed by atoms with Crippen LogP contribution in [0.25, 0.3) is 0 Å². The Bertz CT molecular complexity index is 535. The van der Waals surface area contributed by atoms with E-state index < -0.39 is 46.9 Å². The Labute approximate surface area is 131 Å². The molecule has 2 nitrogen and oxygen atoms in total. The molecule has 0 aromatic heterocycles. The number of hydrogen-bond donors (Lipinski definition) is 1. The number of carboxylic acid groups (broad SMARTS) is 1. The monoisotopic (exact) mass is 430 g/mol. The normalized spacial score (nSPS) is 16.1. The molecule has 0 aromatic rings. The molecule has 0 amide bonds. The molecule has 0 bridgehead atoms. The van der Waals surface area contributed by atoms with Gasteiger partial charge in [-0.25, -0.2) is 4.79 Å². The maximum absolute atomic E-state index is 12.9. The predicted molar refractivity (Wildman–Crippen MR) is 48.1 cm³/mol. The number of carboxylic acids is 1. The maximum Gasteiger partial charge on any atom is 0.410 e. The minimum absolute atomic E-state index is 3.35. The third-order valence-corrected chi connectivity index (χ3v) is 2.83. The highest BCUT2D eigenvalue weighted by Gasteiger charge is 2.93. The van der Waals surface area contributed by atoms with E-state index in [1.54, 1.807) is 0 Å². The van der Waals surface area contributed by atoms with E-state index >= 15 is 0 Å². The summed E-state index contributed by atoms with van der Waals surface area (Å²) in [4.78, 5) is 9.76. The number of alkyl halides is 15. The van der Waals surface area contributed by atoms with Gasteiger partial charge in [-0.1, -0.05) is 0 Å². The minimum Gasteiger partial charge on any atom is -0.477 e. The number of aliphatic carboxylic acids is 1. The summed E-state index contributed by atoms with van der Waals surface area (Å²) in [6.45, 7) is 0. The van der Waals surface area contributed by atoms with Gasteiger partial charge in [0.2, 0.25) is 0 Å². The Balaban J connectivity index is 6.55. The van der Waals surface area contributed by atoms with Crippen LogP contribution in [-0.2, 0) is 4.79 Å². The van der Waals surface area contributed by atoms with Gasteiger partial charge in [-0.15, -0.1) is 0 Å². The molecule has 150 valence electrons. The summed E-state index contributed by atoms with van der Waals surface area (Å²) in [6.07, 6.45) is 0. The van der Waals surface area contributed by atoms with Crippen LogP contribution in [0.2, 0.25) is 0 Å². The van der Waals surface area contributed by atoms with Gasteiger partial charge in [-0.3, -0.25) is 0 Å². The van der Waals surface area contributed by atoms with Crippen molar-refractivity contribution in [1.82, 2.24) is 0 Å². The van der Waals surface area contributed by atoms with Gasteiger partial charge in [-0.05, 0) is 11.6 Å². The molecule has 0 spiro atoms. The number of halogens is 15. The van der Waals surface area contributed by atoms with Gasteiger partial charge >= 0.3 is 46.9 Å². The van der Waals surface area contributed by atoms with Crippen molar-refractivity contribution in [1.29, 1.82) is 0 Å². The van der Waals surface area contributed by atoms with Crippen LogP contribution in [0, 0.1) is 0 Å². The summed E-state index contributed by atoms with van der Waals surface area (Å²) in [5.74, 6) is -51.7. The molecule has 0 radical (unpaired) electrons. The highest BCUT2D eigenvalue weighted by molar-refractivity contribution is 6.22. The SMILES string of the molecule is O=C(O)C(F)(F)C(F)(F)C(F)(F)C(F)(F)C(F)(F)C(F)(F)C(F)(F)Cl. The van der Waals surface area contributed by atoms with Gasteiger partial charge < -0.3 is 5.11 Å². The van der Waals surface area contributed by atoms with E-state index in [1.165, 1.54) is 0 Å². The zero-order valence-electron chi connectivity index (χ0n) is 10.5. The first-order chi connectivity index (χ1) is 10.4. The van der Waals surface area contributed by atoms with E-state index in [0.29, 0.717) is 0 Å². The molecule has 0 rings (SSSR count). The summed E-state index contributed by atoms with van der Waals surface area (Å²) in [6, 6.07) is 0. The molecule has 0 aliphatic heterocycles. The number of carbonyl (C=O) groups is 1. The van der Waals surface area contributed by atoms with Crippen LogP contribution < -0.4 is 0 Å². The Morgan fingerprint density at radius 1 is 0.560 bits per heavy atom. The van der Waals surface area contributed by atoms with Gasteiger partial charge in [0, 0.05) is 0 Å². The smallest absolute Gasteiger partial charge is 0.410 e. The Hall–Kier alpha value is -1.22. The van der Waals surface area contributed by atoms with Crippen molar-refractivity contribution in [3.8, 4) is 0 Å². The van der Waals surface area contributed by atoms with Crippen molar-refractivity contribution >= 4 is 17.6 Å². The van der Waals surface area contributed by atoms with Crippen LogP contribution in [0.1, 0.15) is 0 Å². The lowest BCUT2D eigenvalue weighted by Crippen LogP contribution is -2.73. The standard InChI is InChI=1S/C8HClF14O2/c9-8(22,23)7(20,21)6(18,19)5(16,17)4(14,15)3(12,13)2(10,11)1(24)25/h(H,24,25). The Morgan fingerprint density at radius 3 is 1.04 bits per heavy atom. The first kappa shape index (κ1) is 23.8. The topological polar surface area (TPSA) is 37.3 Å². The van der Waals surface area contributed by atoms with Crippen molar-refractivity contribution in [3.05, 3.63) is 0 Å². The average Bonchev–Trinajstić information content (AvgIpc) is 2.35. The van der Waals surface area contributed by atoms with Crippen LogP contribution in [-0.4, -0.2) is 52.0 Å². The third-order valence-electron chi connectivity index (χ3n) is 2.60. The lowest BCUT2D eigenvalue weighted by molar-refractivity contribution is -0.432. The van der Waals surface area contributed by atoms with Crippen LogP contribution in [0.3, 0.4) is 0 Å². The quantitative estimate of drug-likeness (QED) is 0.469. The Kier molecular flexibility index (Phi) is 5.36. The molecule has 0 heterocycles. The molecule has 0 aliphatic carbocycles. The molecule has 0 saturated carbocycles.